The Bertz CT molecular complexity index is 462. The van der Waals surface area contributed by atoms with Crippen molar-refractivity contribution in [2.75, 3.05) is 7.05 Å². The molecular formula is C13H18N2O2PS+. The van der Waals surface area contributed by atoms with Gasteiger partial charge in [0, 0.05) is 18.2 Å². The highest BCUT2D eigenvalue weighted by Crippen LogP contribution is 2.35. The second-order valence-electron chi connectivity index (χ2n) is 3.83. The molecule has 2 atom stereocenters. The number of nitrogens with zero attached hydrogens (tertiary/aromatic N) is 2. The van der Waals surface area contributed by atoms with E-state index >= 15 is 0 Å². The summed E-state index contributed by atoms with van der Waals surface area (Å²) < 4.78 is 7.66. The largest absolute Gasteiger partial charge is 0.447 e. The highest BCUT2D eigenvalue weighted by Gasteiger charge is 2.30. The van der Waals surface area contributed by atoms with E-state index in [0.29, 0.717) is 5.56 Å². The first-order valence-electron chi connectivity index (χ1n) is 6.02. The molecule has 0 radical (unpaired) electrons. The van der Waals surface area contributed by atoms with Crippen molar-refractivity contribution in [2.24, 2.45) is 5.10 Å². The van der Waals surface area contributed by atoms with Crippen LogP contribution in [-0.2, 0) is 11.8 Å². The van der Waals surface area contributed by atoms with Crippen molar-refractivity contribution in [2.45, 2.75) is 26.1 Å². The normalized spacial score (nSPS) is 13.1. The summed E-state index contributed by atoms with van der Waals surface area (Å²) in [5, 5.41) is 4.17. The van der Waals surface area contributed by atoms with Crippen molar-refractivity contribution in [3.8, 4) is 5.75 Å². The van der Waals surface area contributed by atoms with Crippen LogP contribution in [0.25, 0.3) is 0 Å². The van der Waals surface area contributed by atoms with Crippen LogP contribution in [0, 0.1) is 0 Å². The van der Waals surface area contributed by atoms with Gasteiger partial charge in [0.2, 0.25) is 0 Å². The molecule has 0 aliphatic rings. The fourth-order valence-electron chi connectivity index (χ4n) is 1.47. The molecule has 0 bridgehead atoms. The topological polar surface area (TPSA) is 41.9 Å². The van der Waals surface area contributed by atoms with E-state index in [1.807, 2.05) is 20.9 Å². The molecule has 0 aliphatic heterocycles. The van der Waals surface area contributed by atoms with Gasteiger partial charge in [-0.25, -0.2) is 0 Å². The summed E-state index contributed by atoms with van der Waals surface area (Å²) in [6.45, 7) is 2.97. The van der Waals surface area contributed by atoms with Gasteiger partial charge in [-0.1, -0.05) is 6.92 Å². The van der Waals surface area contributed by atoms with Gasteiger partial charge in [-0.15, -0.1) is 9.88 Å². The highest BCUT2D eigenvalue weighted by molar-refractivity contribution is 8.04. The summed E-state index contributed by atoms with van der Waals surface area (Å²) in [5.41, 5.74) is 0.633. The molecular weight excluding hydrogens is 279 g/mol. The van der Waals surface area contributed by atoms with Gasteiger partial charge < -0.3 is 4.74 Å². The number of hydrazone groups is 1. The summed E-state index contributed by atoms with van der Waals surface area (Å²) in [5.74, 6) is 0.657. The number of ether oxygens (including phenoxy) is 1. The van der Waals surface area contributed by atoms with Crippen LogP contribution in [0.1, 0.15) is 30.6 Å². The van der Waals surface area contributed by atoms with E-state index in [-0.39, 0.29) is 5.85 Å². The van der Waals surface area contributed by atoms with E-state index in [2.05, 4.69) is 5.10 Å². The summed E-state index contributed by atoms with van der Waals surface area (Å²) >= 11 is 5.49. The Morgan fingerprint density at radius 2 is 2.11 bits per heavy atom. The average molecular weight is 297 g/mol. The van der Waals surface area contributed by atoms with Gasteiger partial charge >= 0.3 is 6.85 Å². The van der Waals surface area contributed by atoms with Crippen molar-refractivity contribution < 1.29 is 9.53 Å². The number of aldehydes is 1. The minimum absolute atomic E-state index is 0.0687. The van der Waals surface area contributed by atoms with Gasteiger partial charge in [0.05, 0.1) is 7.05 Å². The molecule has 1 rings (SSSR count). The lowest BCUT2D eigenvalue weighted by molar-refractivity contribution is 0.112. The lowest BCUT2D eigenvalue weighted by Gasteiger charge is -2.13. The van der Waals surface area contributed by atoms with E-state index in [9.17, 15) is 4.79 Å². The van der Waals surface area contributed by atoms with E-state index in [0.717, 1.165) is 18.5 Å². The third-order valence-corrected chi connectivity index (χ3v) is 5.50. The van der Waals surface area contributed by atoms with Crippen molar-refractivity contribution in [3.63, 3.8) is 0 Å². The number of carbonyl (C=O) groups is 1. The smallest absolute Gasteiger partial charge is 0.355 e. The zero-order chi connectivity index (χ0) is 14.3. The molecule has 0 saturated heterocycles. The third kappa shape index (κ3) is 4.69. The fourth-order valence-corrected chi connectivity index (χ4v) is 3.28. The van der Waals surface area contributed by atoms with Crippen molar-refractivity contribution in [1.29, 1.82) is 0 Å². The molecule has 102 valence electrons. The molecule has 0 aromatic heterocycles. The lowest BCUT2D eigenvalue weighted by atomic mass is 10.2. The van der Waals surface area contributed by atoms with Gasteiger partial charge in [-0.3, -0.25) is 4.79 Å². The van der Waals surface area contributed by atoms with Gasteiger partial charge in [-0.2, -0.15) is 0 Å². The van der Waals surface area contributed by atoms with E-state index in [4.69, 9.17) is 16.5 Å². The first kappa shape index (κ1) is 15.7. The van der Waals surface area contributed by atoms with Gasteiger partial charge in [-0.05, 0) is 31.2 Å². The Balaban J connectivity index is 2.75. The fraction of sp³-hybridized carbons (Fsp3) is 0.385. The van der Waals surface area contributed by atoms with Crippen LogP contribution in [0.2, 0.25) is 0 Å². The Morgan fingerprint density at radius 1 is 1.47 bits per heavy atom. The average Bonchev–Trinajstić information content (AvgIpc) is 2.45. The zero-order valence-electron chi connectivity index (χ0n) is 11.3. The first-order valence-corrected chi connectivity index (χ1v) is 8.40. The quantitative estimate of drug-likeness (QED) is 0.335. The molecule has 19 heavy (non-hydrogen) atoms. The van der Waals surface area contributed by atoms with Crippen LogP contribution in [0.4, 0.5) is 0 Å². The van der Waals surface area contributed by atoms with Crippen LogP contribution < -0.4 is 4.74 Å². The minimum atomic E-state index is -0.919. The standard InChI is InChI=1S/C13H18N2O2PS/c1-4-13(18(19)15(3)14-5-2)17-12-8-6-11(10-16)7-9-12/h5-10,13H,4H2,1-3H3/q+1/b14-5+. The summed E-state index contributed by atoms with van der Waals surface area (Å²) in [7, 11) is 1.86. The molecule has 0 heterocycles. The lowest BCUT2D eigenvalue weighted by Crippen LogP contribution is -2.16. The Morgan fingerprint density at radius 3 is 2.58 bits per heavy atom. The highest BCUT2D eigenvalue weighted by atomic mass is 32.4. The van der Waals surface area contributed by atoms with Crippen LogP contribution in [-0.4, -0.2) is 30.2 Å². The van der Waals surface area contributed by atoms with Crippen LogP contribution >= 0.6 is 6.85 Å². The maximum absolute atomic E-state index is 10.6. The molecule has 0 N–H and O–H groups in total. The van der Waals surface area contributed by atoms with Gasteiger partial charge in [0.1, 0.15) is 12.0 Å². The monoisotopic (exact) mass is 297 g/mol. The Hall–Kier alpha value is -1.32. The van der Waals surface area contributed by atoms with Crippen LogP contribution in [0.3, 0.4) is 0 Å². The molecule has 4 nitrogen and oxygen atoms in total. The molecule has 2 unspecified atom stereocenters. The number of hydrogen-bond donors (Lipinski definition) is 0. The first-order chi connectivity index (χ1) is 9.12. The predicted molar refractivity (Wildman–Crippen MR) is 82.8 cm³/mol. The zero-order valence-corrected chi connectivity index (χ0v) is 13.0. The number of carbonyl (C=O) groups excluding carboxylic acids is 1. The molecule has 0 fully saturated rings. The van der Waals surface area contributed by atoms with Crippen molar-refractivity contribution in [1.82, 2.24) is 4.78 Å². The van der Waals surface area contributed by atoms with Gasteiger partial charge in [0.25, 0.3) is 5.85 Å². The van der Waals surface area contributed by atoms with E-state index in [1.165, 1.54) is 0 Å². The SMILES string of the molecule is C/C=N/N(C)[P+](=S)C(CC)Oc1ccc(C=O)cc1. The molecule has 0 saturated carbocycles. The molecule has 1 aromatic carbocycles. The maximum Gasteiger partial charge on any atom is 0.355 e. The Labute approximate surface area is 119 Å². The van der Waals surface area contributed by atoms with Crippen LogP contribution in [0.5, 0.6) is 5.75 Å². The van der Waals surface area contributed by atoms with E-state index in [1.54, 1.807) is 35.3 Å². The van der Waals surface area contributed by atoms with Crippen LogP contribution in [0.15, 0.2) is 29.4 Å². The molecule has 0 amide bonds. The maximum atomic E-state index is 10.6. The van der Waals surface area contributed by atoms with Gasteiger partial charge in [0.15, 0.2) is 11.8 Å². The third-order valence-electron chi connectivity index (χ3n) is 2.45. The second kappa shape index (κ2) is 7.97. The summed E-state index contributed by atoms with van der Waals surface area (Å²) in [6, 6.07) is 7.03. The summed E-state index contributed by atoms with van der Waals surface area (Å²) in [6.07, 6.45) is 3.34. The molecule has 0 spiro atoms. The minimum Gasteiger partial charge on any atom is -0.447 e. The molecule has 6 heteroatoms. The number of hydrogen-bond acceptors (Lipinski definition) is 4. The van der Waals surface area contributed by atoms with Crippen molar-refractivity contribution in [3.05, 3.63) is 29.8 Å². The number of rotatable bonds is 7. The molecule has 0 aliphatic carbocycles. The number of benzene rings is 1. The predicted octanol–water partition coefficient (Wildman–Crippen LogP) is 3.41. The second-order valence-corrected chi connectivity index (χ2v) is 6.72. The summed E-state index contributed by atoms with van der Waals surface area (Å²) in [4.78, 5) is 10.6. The Kier molecular flexibility index (Phi) is 6.60. The van der Waals surface area contributed by atoms with E-state index < -0.39 is 6.85 Å². The van der Waals surface area contributed by atoms with Crippen molar-refractivity contribution >= 4 is 31.2 Å². The molecule has 1 aromatic rings.